The lowest BCUT2D eigenvalue weighted by Crippen LogP contribution is -2.49. The molecule has 4 heteroatoms. The number of nitrogens with zero attached hydrogens (tertiary/aromatic N) is 3. The summed E-state index contributed by atoms with van der Waals surface area (Å²) in [7, 11) is 0. The predicted octanol–water partition coefficient (Wildman–Crippen LogP) is 3.61. The average Bonchev–Trinajstić information content (AvgIpc) is 3.07. The van der Waals surface area contributed by atoms with Gasteiger partial charge in [0, 0.05) is 72.9 Å². The fourth-order valence-electron chi connectivity index (χ4n) is 4.65. The SMILES string of the molecule is C=C1NC2=C(Cc3c2cccc3N2CCN(C(C)C)CC2)c2ncccc21. The van der Waals surface area contributed by atoms with Gasteiger partial charge in [-0.15, -0.1) is 0 Å². The maximum absolute atomic E-state index is 4.69. The zero-order chi connectivity index (χ0) is 18.5. The molecule has 138 valence electrons. The summed E-state index contributed by atoms with van der Waals surface area (Å²) in [6.45, 7) is 13.3. The first kappa shape index (κ1) is 16.6. The van der Waals surface area contributed by atoms with Crippen LogP contribution in [0.1, 0.15) is 36.2 Å². The number of rotatable bonds is 2. The molecule has 3 aliphatic rings. The number of pyridine rings is 1. The van der Waals surface area contributed by atoms with E-state index in [1.165, 1.54) is 28.1 Å². The van der Waals surface area contributed by atoms with E-state index in [0.717, 1.165) is 49.6 Å². The van der Waals surface area contributed by atoms with Crippen LogP contribution in [0.15, 0.2) is 43.1 Å². The average molecular weight is 358 g/mol. The lowest BCUT2D eigenvalue weighted by molar-refractivity contribution is 0.209. The number of benzene rings is 1. The predicted molar refractivity (Wildman–Crippen MR) is 112 cm³/mol. The fraction of sp³-hybridized carbons (Fsp3) is 0.348. The second-order valence-corrected chi connectivity index (χ2v) is 7.95. The van der Waals surface area contributed by atoms with Gasteiger partial charge >= 0.3 is 0 Å². The van der Waals surface area contributed by atoms with Crippen molar-refractivity contribution in [2.45, 2.75) is 26.3 Å². The summed E-state index contributed by atoms with van der Waals surface area (Å²) >= 11 is 0. The van der Waals surface area contributed by atoms with Crippen LogP contribution >= 0.6 is 0 Å². The van der Waals surface area contributed by atoms with Crippen LogP contribution in [-0.4, -0.2) is 42.1 Å². The Bertz CT molecular complexity index is 949. The highest BCUT2D eigenvalue weighted by Crippen LogP contribution is 2.45. The van der Waals surface area contributed by atoms with Crippen molar-refractivity contribution in [3.8, 4) is 0 Å². The number of aromatic nitrogens is 1. The van der Waals surface area contributed by atoms with E-state index < -0.39 is 0 Å². The van der Waals surface area contributed by atoms with Crippen LogP contribution in [0, 0.1) is 0 Å². The maximum Gasteiger partial charge on any atom is 0.0778 e. The Morgan fingerprint density at radius 2 is 1.81 bits per heavy atom. The van der Waals surface area contributed by atoms with Crippen molar-refractivity contribution in [1.82, 2.24) is 15.2 Å². The Kier molecular flexibility index (Phi) is 3.83. The van der Waals surface area contributed by atoms with E-state index in [2.05, 4.69) is 64.8 Å². The summed E-state index contributed by atoms with van der Waals surface area (Å²) in [5.41, 5.74) is 9.78. The van der Waals surface area contributed by atoms with Crippen molar-refractivity contribution in [1.29, 1.82) is 0 Å². The molecule has 1 saturated heterocycles. The molecule has 1 aromatic heterocycles. The molecule has 4 nitrogen and oxygen atoms in total. The van der Waals surface area contributed by atoms with E-state index in [0.29, 0.717) is 6.04 Å². The van der Waals surface area contributed by atoms with E-state index in [-0.39, 0.29) is 0 Å². The van der Waals surface area contributed by atoms with Crippen molar-refractivity contribution in [2.75, 3.05) is 31.1 Å². The molecule has 0 saturated carbocycles. The fourth-order valence-corrected chi connectivity index (χ4v) is 4.65. The number of anilines is 1. The molecule has 1 aromatic carbocycles. The topological polar surface area (TPSA) is 31.4 Å². The minimum Gasteiger partial charge on any atom is -0.369 e. The molecule has 1 aliphatic carbocycles. The summed E-state index contributed by atoms with van der Waals surface area (Å²) in [6, 6.07) is 11.4. The lowest BCUT2D eigenvalue weighted by Gasteiger charge is -2.39. The van der Waals surface area contributed by atoms with Gasteiger partial charge in [0.25, 0.3) is 0 Å². The lowest BCUT2D eigenvalue weighted by atomic mass is 9.98. The van der Waals surface area contributed by atoms with E-state index in [9.17, 15) is 0 Å². The molecular formula is C23H26N4. The van der Waals surface area contributed by atoms with E-state index in [4.69, 9.17) is 0 Å². The number of hydrogen-bond acceptors (Lipinski definition) is 4. The normalized spacial score (nSPS) is 19.1. The highest BCUT2D eigenvalue weighted by atomic mass is 15.3. The number of hydrogen-bond donors (Lipinski definition) is 1. The maximum atomic E-state index is 4.69. The van der Waals surface area contributed by atoms with Crippen molar-refractivity contribution in [3.63, 3.8) is 0 Å². The van der Waals surface area contributed by atoms with Crippen molar-refractivity contribution in [2.24, 2.45) is 0 Å². The summed E-state index contributed by atoms with van der Waals surface area (Å²) in [5.74, 6) is 0. The van der Waals surface area contributed by atoms with Crippen LogP contribution in [0.5, 0.6) is 0 Å². The highest BCUT2D eigenvalue weighted by molar-refractivity contribution is 6.04. The zero-order valence-corrected chi connectivity index (χ0v) is 16.1. The molecule has 27 heavy (non-hydrogen) atoms. The summed E-state index contributed by atoms with van der Waals surface area (Å²) in [4.78, 5) is 9.81. The minimum atomic E-state index is 0.625. The van der Waals surface area contributed by atoms with Gasteiger partial charge in [-0.2, -0.15) is 0 Å². The third kappa shape index (κ3) is 2.59. The third-order valence-corrected chi connectivity index (χ3v) is 6.16. The van der Waals surface area contributed by atoms with Gasteiger partial charge in [-0.25, -0.2) is 0 Å². The van der Waals surface area contributed by atoms with Crippen molar-refractivity contribution in [3.05, 3.63) is 65.5 Å². The molecule has 0 bridgehead atoms. The molecule has 1 fully saturated rings. The summed E-state index contributed by atoms with van der Waals surface area (Å²) < 4.78 is 0. The highest BCUT2D eigenvalue weighted by Gasteiger charge is 2.32. The number of allylic oxidation sites excluding steroid dienone is 1. The second-order valence-electron chi connectivity index (χ2n) is 7.95. The summed E-state index contributed by atoms with van der Waals surface area (Å²) in [5, 5.41) is 3.56. The molecule has 0 unspecified atom stereocenters. The van der Waals surface area contributed by atoms with Crippen LogP contribution in [0.25, 0.3) is 17.0 Å². The van der Waals surface area contributed by atoms with Gasteiger partial charge in [0.15, 0.2) is 0 Å². The van der Waals surface area contributed by atoms with Crippen LogP contribution in [0.3, 0.4) is 0 Å². The van der Waals surface area contributed by atoms with Crippen LogP contribution in [0.2, 0.25) is 0 Å². The van der Waals surface area contributed by atoms with Crippen molar-refractivity contribution >= 4 is 22.7 Å². The Morgan fingerprint density at radius 1 is 1.04 bits per heavy atom. The molecule has 0 atom stereocenters. The van der Waals surface area contributed by atoms with Gasteiger partial charge in [-0.3, -0.25) is 9.88 Å². The van der Waals surface area contributed by atoms with Gasteiger partial charge in [-0.1, -0.05) is 18.7 Å². The second kappa shape index (κ2) is 6.24. The Balaban J connectivity index is 1.50. The van der Waals surface area contributed by atoms with E-state index in [1.807, 2.05) is 12.3 Å². The Labute approximate surface area is 161 Å². The minimum absolute atomic E-state index is 0.625. The summed E-state index contributed by atoms with van der Waals surface area (Å²) in [6.07, 6.45) is 2.83. The molecule has 0 amide bonds. The first-order valence-corrected chi connectivity index (χ1v) is 9.89. The van der Waals surface area contributed by atoms with E-state index in [1.54, 1.807) is 0 Å². The molecule has 3 heterocycles. The van der Waals surface area contributed by atoms with Gasteiger partial charge < -0.3 is 10.2 Å². The van der Waals surface area contributed by atoms with Gasteiger partial charge in [-0.05, 0) is 37.6 Å². The molecule has 2 aliphatic heterocycles. The monoisotopic (exact) mass is 358 g/mol. The van der Waals surface area contributed by atoms with Gasteiger partial charge in [0.2, 0.25) is 0 Å². The molecule has 5 rings (SSSR count). The molecule has 0 radical (unpaired) electrons. The standard InChI is InChI=1S/C23H26N4/c1-15(2)26-10-12-27(13-11-26)21-8-4-6-18-19(21)14-20-22-17(7-5-9-24-22)16(3)25-23(18)20/h4-9,15,25H,3,10-14H2,1-2H3. The number of fused-ring (bicyclic) bond motifs is 4. The van der Waals surface area contributed by atoms with Gasteiger partial charge in [0.05, 0.1) is 11.4 Å². The smallest absolute Gasteiger partial charge is 0.0778 e. The molecule has 0 spiro atoms. The quantitative estimate of drug-likeness (QED) is 0.889. The molecule has 2 aromatic rings. The largest absolute Gasteiger partial charge is 0.369 e. The van der Waals surface area contributed by atoms with Crippen LogP contribution in [0.4, 0.5) is 5.69 Å². The first-order chi connectivity index (χ1) is 13.1. The third-order valence-electron chi connectivity index (χ3n) is 6.16. The van der Waals surface area contributed by atoms with Crippen LogP contribution in [-0.2, 0) is 6.42 Å². The number of nitrogens with one attached hydrogen (secondary N) is 1. The molecule has 1 N–H and O–H groups in total. The molecular weight excluding hydrogens is 332 g/mol. The van der Waals surface area contributed by atoms with E-state index >= 15 is 0 Å². The number of piperazine rings is 1. The zero-order valence-electron chi connectivity index (χ0n) is 16.1. The Morgan fingerprint density at radius 3 is 2.59 bits per heavy atom. The van der Waals surface area contributed by atoms with Gasteiger partial charge in [0.1, 0.15) is 0 Å². The van der Waals surface area contributed by atoms with Crippen molar-refractivity contribution < 1.29 is 0 Å². The van der Waals surface area contributed by atoms with Crippen LogP contribution < -0.4 is 10.2 Å². The first-order valence-electron chi connectivity index (χ1n) is 9.89. The Hall–Kier alpha value is -2.59.